The van der Waals surface area contributed by atoms with E-state index >= 15 is 0 Å². The van der Waals surface area contributed by atoms with Gasteiger partial charge in [0.1, 0.15) is 6.54 Å². The molecule has 0 spiro atoms. The number of aliphatic hydroxyl groups is 1. The molecule has 0 radical (unpaired) electrons. The normalized spacial score (nSPS) is 20.1. The third kappa shape index (κ3) is 3.01. The fourth-order valence-corrected chi connectivity index (χ4v) is 2.47. The number of anilines is 1. The van der Waals surface area contributed by atoms with Gasteiger partial charge >= 0.3 is 0 Å². The Hall–Kier alpha value is -1.56. The fourth-order valence-electron chi connectivity index (χ4n) is 2.47. The lowest BCUT2D eigenvalue weighted by molar-refractivity contribution is -0.136. The number of amides is 1. The van der Waals surface area contributed by atoms with Gasteiger partial charge in [0.25, 0.3) is 0 Å². The molecule has 1 unspecified atom stereocenters. The first-order valence-corrected chi connectivity index (χ1v) is 6.39. The highest BCUT2D eigenvalue weighted by molar-refractivity contribution is 5.76. The minimum absolute atomic E-state index is 0.0521. The van der Waals surface area contributed by atoms with Crippen molar-refractivity contribution < 1.29 is 9.90 Å². The summed E-state index contributed by atoms with van der Waals surface area (Å²) in [5.74, 6) is 0.0521. The first-order chi connectivity index (χ1) is 8.70. The predicted molar refractivity (Wildman–Crippen MR) is 67.7 cm³/mol. The Balaban J connectivity index is 1.97. The number of aliphatic hydroxyl groups excluding tert-OH is 1. The van der Waals surface area contributed by atoms with Crippen molar-refractivity contribution in [2.75, 3.05) is 18.9 Å². The number of hydrogen-bond acceptors (Lipinski definition) is 4. The van der Waals surface area contributed by atoms with Gasteiger partial charge in [-0.15, -0.1) is 0 Å². The minimum atomic E-state index is 0.0521. The Morgan fingerprint density at radius 3 is 3.06 bits per heavy atom. The fraction of sp³-hybridized carbons (Fsp3) is 0.667. The van der Waals surface area contributed by atoms with Crippen molar-refractivity contribution in [1.82, 2.24) is 14.7 Å². The van der Waals surface area contributed by atoms with E-state index in [1.807, 2.05) is 4.90 Å². The maximum Gasteiger partial charge on any atom is 0.244 e. The summed E-state index contributed by atoms with van der Waals surface area (Å²) >= 11 is 0. The molecule has 6 nitrogen and oxygen atoms in total. The highest BCUT2D eigenvalue weighted by atomic mass is 16.3. The van der Waals surface area contributed by atoms with Crippen LogP contribution in [0.4, 0.5) is 5.69 Å². The molecule has 6 heteroatoms. The van der Waals surface area contributed by atoms with Gasteiger partial charge in [-0.3, -0.25) is 9.48 Å². The van der Waals surface area contributed by atoms with Crippen LogP contribution in [0.15, 0.2) is 12.4 Å². The van der Waals surface area contributed by atoms with Gasteiger partial charge in [0, 0.05) is 25.4 Å². The molecule has 1 aliphatic rings. The molecule has 2 heterocycles. The second-order valence-electron chi connectivity index (χ2n) is 4.72. The SMILES string of the molecule is Nc1cnn(CC(=O)N2CCCCC2CCO)c1. The van der Waals surface area contributed by atoms with Gasteiger partial charge in [0.2, 0.25) is 5.91 Å². The first kappa shape index (κ1) is 12.9. The van der Waals surface area contributed by atoms with E-state index in [0.29, 0.717) is 12.1 Å². The molecule has 1 aliphatic heterocycles. The lowest BCUT2D eigenvalue weighted by atomic mass is 9.99. The zero-order valence-corrected chi connectivity index (χ0v) is 10.5. The minimum Gasteiger partial charge on any atom is -0.396 e. The van der Waals surface area contributed by atoms with E-state index in [2.05, 4.69) is 5.10 Å². The van der Waals surface area contributed by atoms with E-state index in [4.69, 9.17) is 10.8 Å². The summed E-state index contributed by atoms with van der Waals surface area (Å²) in [6.07, 6.45) is 7.00. The quantitative estimate of drug-likeness (QED) is 0.803. The molecular weight excluding hydrogens is 232 g/mol. The molecule has 1 aromatic heterocycles. The summed E-state index contributed by atoms with van der Waals surface area (Å²) in [4.78, 5) is 14.1. The van der Waals surface area contributed by atoms with Crippen LogP contribution in [0, 0.1) is 0 Å². The zero-order valence-electron chi connectivity index (χ0n) is 10.5. The number of hydrogen-bond donors (Lipinski definition) is 2. The summed E-state index contributed by atoms with van der Waals surface area (Å²) in [6.45, 7) is 1.13. The second kappa shape index (κ2) is 5.86. The lowest BCUT2D eigenvalue weighted by Gasteiger charge is -2.35. The van der Waals surface area contributed by atoms with Gasteiger partial charge < -0.3 is 15.7 Å². The van der Waals surface area contributed by atoms with Crippen molar-refractivity contribution in [3.8, 4) is 0 Å². The molecule has 1 amide bonds. The van der Waals surface area contributed by atoms with Gasteiger partial charge in [0.05, 0.1) is 11.9 Å². The number of likely N-dealkylation sites (tertiary alicyclic amines) is 1. The van der Waals surface area contributed by atoms with Crippen LogP contribution in [-0.2, 0) is 11.3 Å². The van der Waals surface area contributed by atoms with Crippen LogP contribution in [0.25, 0.3) is 0 Å². The zero-order chi connectivity index (χ0) is 13.0. The third-order valence-electron chi connectivity index (χ3n) is 3.36. The van der Waals surface area contributed by atoms with E-state index in [1.54, 1.807) is 10.9 Å². The summed E-state index contributed by atoms with van der Waals surface area (Å²) < 4.78 is 1.56. The summed E-state index contributed by atoms with van der Waals surface area (Å²) in [6, 6.07) is 0.171. The Morgan fingerprint density at radius 1 is 1.56 bits per heavy atom. The van der Waals surface area contributed by atoms with Crippen LogP contribution < -0.4 is 5.73 Å². The Labute approximate surface area is 106 Å². The average molecular weight is 252 g/mol. The van der Waals surface area contributed by atoms with Crippen molar-refractivity contribution in [3.05, 3.63) is 12.4 Å². The number of nitrogens with zero attached hydrogens (tertiary/aromatic N) is 3. The number of aromatic nitrogens is 2. The van der Waals surface area contributed by atoms with E-state index < -0.39 is 0 Å². The van der Waals surface area contributed by atoms with Gasteiger partial charge in [-0.2, -0.15) is 5.10 Å². The molecule has 1 fully saturated rings. The topological polar surface area (TPSA) is 84.4 Å². The standard InChI is InChI=1S/C12H20N4O2/c13-10-7-14-15(8-10)9-12(18)16-5-2-1-3-11(16)4-6-17/h7-8,11,17H,1-6,9,13H2. The number of nitrogen functional groups attached to an aromatic ring is 1. The van der Waals surface area contributed by atoms with Crippen LogP contribution in [0.5, 0.6) is 0 Å². The third-order valence-corrected chi connectivity index (χ3v) is 3.36. The summed E-state index contributed by atoms with van der Waals surface area (Å²) in [5, 5.41) is 13.1. The van der Waals surface area contributed by atoms with Gasteiger partial charge in [-0.1, -0.05) is 0 Å². The van der Waals surface area contributed by atoms with Crippen molar-refractivity contribution >= 4 is 11.6 Å². The Morgan fingerprint density at radius 2 is 2.39 bits per heavy atom. The Kier molecular flexibility index (Phi) is 4.19. The molecule has 0 bridgehead atoms. The molecule has 0 aliphatic carbocycles. The highest BCUT2D eigenvalue weighted by Crippen LogP contribution is 2.19. The molecule has 1 saturated heterocycles. The van der Waals surface area contributed by atoms with E-state index in [0.717, 1.165) is 25.8 Å². The largest absolute Gasteiger partial charge is 0.396 e. The predicted octanol–water partition coefficient (Wildman–Crippen LogP) is 0.229. The molecule has 0 saturated carbocycles. The van der Waals surface area contributed by atoms with Crippen LogP contribution in [0.2, 0.25) is 0 Å². The van der Waals surface area contributed by atoms with Crippen molar-refractivity contribution in [1.29, 1.82) is 0 Å². The molecule has 0 aromatic carbocycles. The van der Waals surface area contributed by atoms with Crippen LogP contribution in [0.1, 0.15) is 25.7 Å². The molecule has 18 heavy (non-hydrogen) atoms. The summed E-state index contributed by atoms with van der Waals surface area (Å²) in [5.41, 5.74) is 6.13. The van der Waals surface area contributed by atoms with Crippen molar-refractivity contribution in [2.45, 2.75) is 38.3 Å². The van der Waals surface area contributed by atoms with E-state index in [9.17, 15) is 4.79 Å². The average Bonchev–Trinajstić information content (AvgIpc) is 2.76. The number of carbonyl (C=O) groups is 1. The smallest absolute Gasteiger partial charge is 0.244 e. The van der Waals surface area contributed by atoms with Crippen LogP contribution in [0.3, 0.4) is 0 Å². The van der Waals surface area contributed by atoms with Gasteiger partial charge in [0.15, 0.2) is 0 Å². The molecular formula is C12H20N4O2. The number of carbonyl (C=O) groups excluding carboxylic acids is 1. The van der Waals surface area contributed by atoms with Crippen LogP contribution in [-0.4, -0.2) is 44.9 Å². The molecule has 3 N–H and O–H groups in total. The summed E-state index contributed by atoms with van der Waals surface area (Å²) in [7, 11) is 0. The molecule has 2 rings (SSSR count). The van der Waals surface area contributed by atoms with Gasteiger partial charge in [-0.05, 0) is 25.7 Å². The molecule has 1 atom stereocenters. The number of piperidine rings is 1. The maximum atomic E-state index is 12.2. The lowest BCUT2D eigenvalue weighted by Crippen LogP contribution is -2.45. The van der Waals surface area contributed by atoms with Crippen LogP contribution >= 0.6 is 0 Å². The number of nitrogens with two attached hydrogens (primary N) is 1. The van der Waals surface area contributed by atoms with Crippen molar-refractivity contribution in [3.63, 3.8) is 0 Å². The second-order valence-corrected chi connectivity index (χ2v) is 4.72. The maximum absolute atomic E-state index is 12.2. The van der Waals surface area contributed by atoms with Crippen molar-refractivity contribution in [2.24, 2.45) is 0 Å². The van der Waals surface area contributed by atoms with E-state index in [-0.39, 0.29) is 25.1 Å². The first-order valence-electron chi connectivity index (χ1n) is 6.39. The molecule has 1 aromatic rings. The van der Waals surface area contributed by atoms with E-state index in [1.165, 1.54) is 6.20 Å². The molecule has 100 valence electrons. The Bertz CT molecular complexity index is 403. The monoisotopic (exact) mass is 252 g/mol. The van der Waals surface area contributed by atoms with Gasteiger partial charge in [-0.25, -0.2) is 0 Å². The number of rotatable bonds is 4. The highest BCUT2D eigenvalue weighted by Gasteiger charge is 2.26.